The largest absolute Gasteiger partial charge is 0.485 e. The molecule has 1 heterocycles. The molecule has 0 amide bonds. The molecule has 0 fully saturated rings. The first kappa shape index (κ1) is 20.0. The van der Waals surface area contributed by atoms with Gasteiger partial charge in [-0.25, -0.2) is 13.1 Å². The van der Waals surface area contributed by atoms with Crippen molar-refractivity contribution in [2.24, 2.45) is 0 Å². The molecule has 6 nitrogen and oxygen atoms in total. The predicted molar refractivity (Wildman–Crippen MR) is 88.9 cm³/mol. The average Bonchev–Trinajstić information content (AvgIpc) is 2.49. The van der Waals surface area contributed by atoms with Crippen LogP contribution in [0.3, 0.4) is 0 Å². The van der Waals surface area contributed by atoms with E-state index in [1.54, 1.807) is 13.8 Å². The molecule has 0 aliphatic heterocycles. The minimum absolute atomic E-state index is 0.0750. The van der Waals surface area contributed by atoms with Crippen LogP contribution in [-0.2, 0) is 16.4 Å². The van der Waals surface area contributed by atoms with Crippen LogP contribution in [0.5, 0.6) is 5.75 Å². The number of hydrogen-bond acceptors (Lipinski definition) is 5. The molecule has 0 saturated carbocycles. The Morgan fingerprint density at radius 1 is 1.19 bits per heavy atom. The van der Waals surface area contributed by atoms with Crippen LogP contribution in [0.25, 0.3) is 11.1 Å². The second kappa shape index (κ2) is 7.10. The number of nitrogens with zero attached hydrogens (tertiary/aromatic N) is 2. The van der Waals surface area contributed by atoms with Gasteiger partial charge in [-0.3, -0.25) is 4.79 Å². The topological polar surface area (TPSA) is 78.3 Å². The highest BCUT2D eigenvalue weighted by atomic mass is 32.2. The van der Waals surface area contributed by atoms with Crippen molar-refractivity contribution in [2.45, 2.75) is 37.6 Å². The lowest BCUT2D eigenvalue weighted by molar-refractivity contribution is -0.143. The Balaban J connectivity index is 2.57. The molecule has 1 aromatic carbocycles. The third kappa shape index (κ3) is 4.84. The summed E-state index contributed by atoms with van der Waals surface area (Å²) < 4.78 is 66.6. The fourth-order valence-corrected chi connectivity index (χ4v) is 2.82. The lowest BCUT2D eigenvalue weighted by atomic mass is 10.1. The normalized spacial score (nSPS) is 12.4. The van der Waals surface area contributed by atoms with Crippen LogP contribution in [0.1, 0.15) is 13.8 Å². The summed E-state index contributed by atoms with van der Waals surface area (Å²) in [6.45, 7) is 1.72. The molecule has 10 heteroatoms. The summed E-state index contributed by atoms with van der Waals surface area (Å²) >= 11 is 0. The molecule has 0 unspecified atom stereocenters. The number of rotatable bonds is 5. The highest BCUT2D eigenvalue weighted by Gasteiger charge is 2.30. The van der Waals surface area contributed by atoms with E-state index in [1.165, 1.54) is 24.3 Å². The van der Waals surface area contributed by atoms with Gasteiger partial charge in [-0.2, -0.15) is 18.3 Å². The minimum Gasteiger partial charge on any atom is -0.485 e. The van der Waals surface area contributed by atoms with E-state index in [0.29, 0.717) is 5.56 Å². The number of aromatic nitrogens is 2. The summed E-state index contributed by atoms with van der Waals surface area (Å²) in [5, 5.41) is 3.57. The van der Waals surface area contributed by atoms with Crippen LogP contribution >= 0.6 is 0 Å². The Morgan fingerprint density at radius 3 is 2.23 bits per heavy atom. The molecule has 0 aliphatic carbocycles. The number of hydrogen-bond donors (Lipinski definition) is 0. The molecule has 2 aromatic rings. The second-order valence-electron chi connectivity index (χ2n) is 5.93. The van der Waals surface area contributed by atoms with Crippen molar-refractivity contribution in [1.82, 2.24) is 9.78 Å². The minimum atomic E-state index is -4.61. The molecule has 0 N–H and O–H groups in total. The summed E-state index contributed by atoms with van der Waals surface area (Å²) in [6.07, 6.45) is -2.92. The van der Waals surface area contributed by atoms with E-state index >= 15 is 0 Å². The van der Waals surface area contributed by atoms with Crippen molar-refractivity contribution < 1.29 is 26.3 Å². The summed E-state index contributed by atoms with van der Waals surface area (Å²) in [6, 6.07) is 5.55. The van der Waals surface area contributed by atoms with E-state index in [9.17, 15) is 26.4 Å². The summed E-state index contributed by atoms with van der Waals surface area (Å²) in [4.78, 5) is 12.5. The first-order chi connectivity index (χ1) is 11.9. The average molecular weight is 390 g/mol. The van der Waals surface area contributed by atoms with Crippen molar-refractivity contribution in [3.8, 4) is 16.9 Å². The van der Waals surface area contributed by atoms with Gasteiger partial charge in [0.25, 0.3) is 0 Å². The van der Waals surface area contributed by atoms with Crippen molar-refractivity contribution >= 4 is 9.84 Å². The van der Waals surface area contributed by atoms with E-state index in [1.807, 2.05) is 0 Å². The number of sulfone groups is 1. The number of benzene rings is 1. The quantitative estimate of drug-likeness (QED) is 0.784. The fourth-order valence-electron chi connectivity index (χ4n) is 2.19. The van der Waals surface area contributed by atoms with E-state index < -0.39 is 34.2 Å². The molecule has 142 valence electrons. The fraction of sp³-hybridized carbons (Fsp3) is 0.375. The maximum absolute atomic E-state index is 12.6. The molecule has 0 atom stereocenters. The molecule has 0 bridgehead atoms. The lowest BCUT2D eigenvalue weighted by Crippen LogP contribution is -2.32. The molecular formula is C16H17F3N2O4S. The maximum Gasteiger partial charge on any atom is 0.408 e. The highest BCUT2D eigenvalue weighted by Crippen LogP contribution is 2.28. The van der Waals surface area contributed by atoms with Gasteiger partial charge in [-0.05, 0) is 31.5 Å². The molecule has 0 spiro atoms. The van der Waals surface area contributed by atoms with E-state index in [4.69, 9.17) is 4.74 Å². The molecule has 26 heavy (non-hydrogen) atoms. The third-order valence-corrected chi connectivity index (χ3v) is 4.40. The van der Waals surface area contributed by atoms with Crippen molar-refractivity contribution in [3.05, 3.63) is 40.8 Å². The van der Waals surface area contributed by atoms with Crippen LogP contribution in [0.4, 0.5) is 13.2 Å². The number of halogens is 3. The van der Waals surface area contributed by atoms with Gasteiger partial charge in [0, 0.05) is 11.8 Å². The van der Waals surface area contributed by atoms with E-state index in [2.05, 4.69) is 5.10 Å². The molecule has 0 aliphatic rings. The summed E-state index contributed by atoms with van der Waals surface area (Å²) in [5.74, 6) is -0.272. The highest BCUT2D eigenvalue weighted by molar-refractivity contribution is 7.90. The van der Waals surface area contributed by atoms with Crippen LogP contribution in [0.15, 0.2) is 40.2 Å². The van der Waals surface area contributed by atoms with Crippen LogP contribution < -0.4 is 10.3 Å². The zero-order valence-corrected chi connectivity index (χ0v) is 15.1. The van der Waals surface area contributed by atoms with Crippen molar-refractivity contribution in [2.75, 3.05) is 6.26 Å². The third-order valence-electron chi connectivity index (χ3n) is 3.28. The number of ether oxygens (including phenoxy) is 1. The summed E-state index contributed by atoms with van der Waals surface area (Å²) in [7, 11) is -3.40. The summed E-state index contributed by atoms with van der Waals surface area (Å²) in [5.41, 5.74) is -0.431. The van der Waals surface area contributed by atoms with Crippen LogP contribution in [-0.4, -0.2) is 36.7 Å². The van der Waals surface area contributed by atoms with Gasteiger partial charge in [0.05, 0.1) is 17.2 Å². The van der Waals surface area contributed by atoms with Gasteiger partial charge in [0.1, 0.15) is 6.54 Å². The number of alkyl halides is 3. The van der Waals surface area contributed by atoms with E-state index in [0.717, 1.165) is 12.5 Å². The van der Waals surface area contributed by atoms with Gasteiger partial charge in [-0.1, -0.05) is 12.1 Å². The first-order valence-corrected chi connectivity index (χ1v) is 9.41. The predicted octanol–water partition coefficient (Wildman–Crippen LogP) is 2.66. The smallest absolute Gasteiger partial charge is 0.408 e. The van der Waals surface area contributed by atoms with Crippen molar-refractivity contribution in [1.29, 1.82) is 0 Å². The Labute approximate surface area is 148 Å². The zero-order valence-electron chi connectivity index (χ0n) is 14.2. The van der Waals surface area contributed by atoms with Crippen LogP contribution in [0.2, 0.25) is 0 Å². The lowest BCUT2D eigenvalue weighted by Gasteiger charge is -2.16. The Morgan fingerprint density at radius 2 is 1.77 bits per heavy atom. The SMILES string of the molecule is CC(C)Oc1c(-c2ccc(S(C)(=O)=O)cc2)cnn(CC(F)(F)F)c1=O. The van der Waals surface area contributed by atoms with Gasteiger partial charge >= 0.3 is 11.7 Å². The standard InChI is InChI=1S/C16H17F3N2O4S/c1-10(2)25-14-13(8-20-21(15(14)22)9-16(17,18)19)11-4-6-12(7-5-11)26(3,23)24/h4-8,10H,9H2,1-3H3. The Hall–Kier alpha value is -2.36. The molecular weight excluding hydrogens is 373 g/mol. The Kier molecular flexibility index (Phi) is 5.45. The maximum atomic E-state index is 12.6. The Bertz CT molecular complexity index is 949. The first-order valence-electron chi connectivity index (χ1n) is 7.52. The molecule has 0 saturated heterocycles. The monoisotopic (exact) mass is 390 g/mol. The molecule has 1 aromatic heterocycles. The molecule has 0 radical (unpaired) electrons. The van der Waals surface area contributed by atoms with Crippen molar-refractivity contribution in [3.63, 3.8) is 0 Å². The van der Waals surface area contributed by atoms with Crippen LogP contribution in [0, 0.1) is 0 Å². The van der Waals surface area contributed by atoms with Gasteiger partial charge in [0.15, 0.2) is 15.6 Å². The second-order valence-corrected chi connectivity index (χ2v) is 7.94. The zero-order chi connectivity index (χ0) is 19.7. The van der Waals surface area contributed by atoms with Gasteiger partial charge in [0.2, 0.25) is 0 Å². The van der Waals surface area contributed by atoms with Gasteiger partial charge in [-0.15, -0.1) is 0 Å². The van der Waals surface area contributed by atoms with E-state index in [-0.39, 0.29) is 20.9 Å². The van der Waals surface area contributed by atoms with Gasteiger partial charge < -0.3 is 4.74 Å². The molecule has 2 rings (SSSR count).